The minimum absolute atomic E-state index is 0.0369. The fourth-order valence-corrected chi connectivity index (χ4v) is 7.46. The molecular formula is C45H91NO8P+. The molecule has 0 fully saturated rings. The minimum atomic E-state index is -4.37. The lowest BCUT2D eigenvalue weighted by atomic mass is 10.0. The van der Waals surface area contributed by atoms with E-state index in [0.717, 1.165) is 38.5 Å². The maximum Gasteiger partial charge on any atom is 0.472 e. The predicted molar refractivity (Wildman–Crippen MR) is 229 cm³/mol. The molecule has 0 aromatic rings. The summed E-state index contributed by atoms with van der Waals surface area (Å²) >= 11 is 0. The van der Waals surface area contributed by atoms with Crippen LogP contribution in [0.4, 0.5) is 0 Å². The molecule has 9 nitrogen and oxygen atoms in total. The maximum absolute atomic E-state index is 12.7. The zero-order valence-corrected chi connectivity index (χ0v) is 37.8. The molecule has 0 aliphatic rings. The average Bonchev–Trinajstić information content (AvgIpc) is 3.13. The number of ether oxygens (including phenoxy) is 2. The Morgan fingerprint density at radius 3 is 1.16 bits per heavy atom. The van der Waals surface area contributed by atoms with Crippen molar-refractivity contribution >= 4 is 19.8 Å². The van der Waals surface area contributed by atoms with Crippen molar-refractivity contribution in [1.29, 1.82) is 0 Å². The molecule has 0 aromatic carbocycles. The fraction of sp³-hybridized carbons (Fsp3) is 0.956. The molecule has 0 spiro atoms. The summed E-state index contributed by atoms with van der Waals surface area (Å²) in [5, 5.41) is 0. The van der Waals surface area contributed by atoms with E-state index in [4.69, 9.17) is 18.5 Å². The molecule has 0 bridgehead atoms. The molecule has 0 aliphatic heterocycles. The molecule has 0 saturated heterocycles. The Labute approximate surface area is 340 Å². The Hall–Kier alpha value is -0.990. The molecule has 0 heterocycles. The van der Waals surface area contributed by atoms with Gasteiger partial charge in [0.1, 0.15) is 19.8 Å². The van der Waals surface area contributed by atoms with Crippen LogP contribution < -0.4 is 0 Å². The third-order valence-corrected chi connectivity index (χ3v) is 11.4. The first-order valence-electron chi connectivity index (χ1n) is 23.3. The second-order valence-electron chi connectivity index (χ2n) is 17.2. The van der Waals surface area contributed by atoms with Crippen molar-refractivity contribution in [1.82, 2.24) is 0 Å². The highest BCUT2D eigenvalue weighted by Crippen LogP contribution is 2.43. The minimum Gasteiger partial charge on any atom is -0.462 e. The van der Waals surface area contributed by atoms with Gasteiger partial charge in [0.05, 0.1) is 27.7 Å². The number of unbranched alkanes of at least 4 members (excludes halogenated alkanes) is 29. The summed E-state index contributed by atoms with van der Waals surface area (Å²) in [5.41, 5.74) is 0. The molecule has 0 rings (SSSR count). The van der Waals surface area contributed by atoms with E-state index >= 15 is 0 Å². The van der Waals surface area contributed by atoms with E-state index < -0.39 is 26.5 Å². The molecule has 328 valence electrons. The van der Waals surface area contributed by atoms with Gasteiger partial charge in [0.25, 0.3) is 0 Å². The smallest absolute Gasteiger partial charge is 0.462 e. The Morgan fingerprint density at radius 1 is 0.491 bits per heavy atom. The van der Waals surface area contributed by atoms with Crippen LogP contribution in [0.1, 0.15) is 226 Å². The number of esters is 2. The van der Waals surface area contributed by atoms with Crippen molar-refractivity contribution in [3.63, 3.8) is 0 Å². The van der Waals surface area contributed by atoms with Gasteiger partial charge in [-0.1, -0.05) is 200 Å². The standard InChI is InChI=1S/C45H90NO8P/c1-6-8-10-12-14-16-18-20-21-22-23-24-26-28-30-32-34-36-38-45(48)54-43(42-53-55(49,50)52-40-39-46(3,4)5)41-51-44(47)37-35-33-31-29-27-25-19-17-15-13-11-9-7-2/h43H,6-42H2,1-5H3/p+1/t43-/m1/s1. The van der Waals surface area contributed by atoms with Crippen LogP contribution in [0.2, 0.25) is 0 Å². The molecule has 2 atom stereocenters. The Morgan fingerprint density at radius 2 is 0.818 bits per heavy atom. The summed E-state index contributed by atoms with van der Waals surface area (Å²) in [6.07, 6.45) is 38.6. The van der Waals surface area contributed by atoms with Crippen molar-refractivity contribution in [2.45, 2.75) is 232 Å². The summed E-state index contributed by atoms with van der Waals surface area (Å²) in [4.78, 5) is 35.4. The zero-order chi connectivity index (χ0) is 40.7. The normalized spacial score (nSPS) is 13.5. The molecule has 1 N–H and O–H groups in total. The van der Waals surface area contributed by atoms with Gasteiger partial charge in [-0.25, -0.2) is 4.57 Å². The van der Waals surface area contributed by atoms with Crippen molar-refractivity contribution in [3.05, 3.63) is 0 Å². The van der Waals surface area contributed by atoms with Crippen LogP contribution in [-0.2, 0) is 32.7 Å². The molecule has 0 aliphatic carbocycles. The topological polar surface area (TPSA) is 108 Å². The van der Waals surface area contributed by atoms with Gasteiger partial charge >= 0.3 is 19.8 Å². The van der Waals surface area contributed by atoms with Crippen LogP contribution in [0.25, 0.3) is 0 Å². The Balaban J connectivity index is 4.26. The number of hydrogen-bond donors (Lipinski definition) is 1. The first kappa shape index (κ1) is 54.0. The molecule has 1 unspecified atom stereocenters. The van der Waals surface area contributed by atoms with Crippen LogP contribution >= 0.6 is 7.82 Å². The second kappa shape index (κ2) is 38.5. The van der Waals surface area contributed by atoms with E-state index in [2.05, 4.69) is 13.8 Å². The lowest BCUT2D eigenvalue weighted by Crippen LogP contribution is -2.37. The SMILES string of the molecule is CCCCCCCCCCCCCCCCCCCCC(=O)O[C@H](COC(=O)CCCCCCCCCCCCCCC)COP(=O)(O)OCC[N+](C)(C)C. The fourth-order valence-electron chi connectivity index (χ4n) is 6.72. The van der Waals surface area contributed by atoms with E-state index in [-0.39, 0.29) is 25.6 Å². The monoisotopic (exact) mass is 805 g/mol. The van der Waals surface area contributed by atoms with Gasteiger partial charge in [0, 0.05) is 12.8 Å². The number of carbonyl (C=O) groups excluding carboxylic acids is 2. The highest BCUT2D eigenvalue weighted by atomic mass is 31.2. The summed E-state index contributed by atoms with van der Waals surface area (Å²) in [7, 11) is 1.49. The summed E-state index contributed by atoms with van der Waals surface area (Å²) in [5.74, 6) is -0.782. The number of hydrogen-bond acceptors (Lipinski definition) is 7. The third-order valence-electron chi connectivity index (χ3n) is 10.4. The molecule has 0 aromatic heterocycles. The zero-order valence-electron chi connectivity index (χ0n) is 36.9. The van der Waals surface area contributed by atoms with Crippen molar-refractivity contribution in [3.8, 4) is 0 Å². The largest absolute Gasteiger partial charge is 0.472 e. The lowest BCUT2D eigenvalue weighted by Gasteiger charge is -2.24. The number of phosphoric ester groups is 1. The predicted octanol–water partition coefficient (Wildman–Crippen LogP) is 13.2. The van der Waals surface area contributed by atoms with Gasteiger partial charge < -0.3 is 18.9 Å². The van der Waals surface area contributed by atoms with Crippen LogP contribution in [0, 0.1) is 0 Å². The van der Waals surface area contributed by atoms with Gasteiger partial charge in [-0.3, -0.25) is 18.6 Å². The summed E-state index contributed by atoms with van der Waals surface area (Å²) < 4.78 is 34.4. The summed E-state index contributed by atoms with van der Waals surface area (Å²) in [6, 6.07) is 0. The van der Waals surface area contributed by atoms with E-state index in [9.17, 15) is 19.0 Å². The number of rotatable bonds is 43. The van der Waals surface area contributed by atoms with Crippen LogP contribution in [0.5, 0.6) is 0 Å². The van der Waals surface area contributed by atoms with Gasteiger partial charge in [-0.2, -0.15) is 0 Å². The number of nitrogens with zero attached hydrogens (tertiary/aromatic N) is 1. The Bertz CT molecular complexity index is 912. The molecule has 55 heavy (non-hydrogen) atoms. The molecule has 0 saturated carbocycles. The summed E-state index contributed by atoms with van der Waals surface area (Å²) in [6.45, 7) is 4.46. The maximum atomic E-state index is 12.7. The van der Waals surface area contributed by atoms with Crippen LogP contribution in [-0.4, -0.2) is 74.9 Å². The average molecular weight is 805 g/mol. The van der Waals surface area contributed by atoms with E-state index in [0.29, 0.717) is 17.4 Å². The highest BCUT2D eigenvalue weighted by molar-refractivity contribution is 7.47. The first-order chi connectivity index (χ1) is 26.5. The van der Waals surface area contributed by atoms with E-state index in [1.54, 1.807) is 0 Å². The first-order valence-corrected chi connectivity index (χ1v) is 24.8. The van der Waals surface area contributed by atoms with Gasteiger partial charge in [-0.15, -0.1) is 0 Å². The number of phosphoric acid groups is 1. The van der Waals surface area contributed by atoms with Gasteiger partial charge in [0.15, 0.2) is 6.10 Å². The van der Waals surface area contributed by atoms with E-state index in [1.165, 1.54) is 161 Å². The molecule has 10 heteroatoms. The quantitative estimate of drug-likeness (QED) is 0.0281. The van der Waals surface area contributed by atoms with Crippen molar-refractivity contribution < 1.29 is 42.1 Å². The number of quaternary nitrogens is 1. The van der Waals surface area contributed by atoms with Gasteiger partial charge in [0.2, 0.25) is 0 Å². The second-order valence-corrected chi connectivity index (χ2v) is 18.6. The van der Waals surface area contributed by atoms with Crippen molar-refractivity contribution in [2.24, 2.45) is 0 Å². The molecule has 0 radical (unpaired) electrons. The van der Waals surface area contributed by atoms with Crippen LogP contribution in [0.15, 0.2) is 0 Å². The molecule has 0 amide bonds. The molecular weight excluding hydrogens is 713 g/mol. The highest BCUT2D eigenvalue weighted by Gasteiger charge is 2.27. The number of carbonyl (C=O) groups is 2. The Kier molecular flexibility index (Phi) is 37.8. The van der Waals surface area contributed by atoms with Gasteiger partial charge in [-0.05, 0) is 12.8 Å². The van der Waals surface area contributed by atoms with E-state index in [1.807, 2.05) is 21.1 Å². The van der Waals surface area contributed by atoms with Crippen LogP contribution in [0.3, 0.4) is 0 Å². The third kappa shape index (κ3) is 42.4. The number of likely N-dealkylation sites (N-methyl/N-ethyl adjacent to an activating group) is 1. The van der Waals surface area contributed by atoms with Crippen molar-refractivity contribution in [2.75, 3.05) is 47.5 Å². The lowest BCUT2D eigenvalue weighted by molar-refractivity contribution is -0.870.